The van der Waals surface area contributed by atoms with Gasteiger partial charge >= 0.3 is 10.1 Å². The fourth-order valence-electron chi connectivity index (χ4n) is 2.31. The first-order chi connectivity index (χ1) is 12.1. The van der Waals surface area contributed by atoms with Crippen molar-refractivity contribution in [2.45, 2.75) is 4.90 Å². The third-order valence-corrected chi connectivity index (χ3v) is 4.68. The molecule has 128 valence electrons. The van der Waals surface area contributed by atoms with E-state index in [9.17, 15) is 8.42 Å². The SMILES string of the molecule is O=S(=O)(Oc1cccc(-n2cnnn2)c1)c1ccc2c(c1)OCCO2. The minimum Gasteiger partial charge on any atom is -0.486 e. The molecular formula is C15H12N4O5S. The molecule has 0 spiro atoms. The van der Waals surface area contributed by atoms with Gasteiger partial charge in [0, 0.05) is 12.1 Å². The molecule has 0 saturated heterocycles. The van der Waals surface area contributed by atoms with Crippen LogP contribution in [-0.4, -0.2) is 41.8 Å². The highest BCUT2D eigenvalue weighted by molar-refractivity contribution is 7.87. The van der Waals surface area contributed by atoms with Gasteiger partial charge in [0.05, 0.1) is 5.69 Å². The van der Waals surface area contributed by atoms with E-state index in [1.165, 1.54) is 35.3 Å². The fourth-order valence-corrected chi connectivity index (χ4v) is 3.25. The number of aromatic nitrogens is 4. The van der Waals surface area contributed by atoms with E-state index in [0.29, 0.717) is 30.4 Å². The number of nitrogens with zero attached hydrogens (tertiary/aromatic N) is 4. The van der Waals surface area contributed by atoms with E-state index in [4.69, 9.17) is 13.7 Å². The van der Waals surface area contributed by atoms with Crippen molar-refractivity contribution in [2.75, 3.05) is 13.2 Å². The Morgan fingerprint density at radius 1 is 1.04 bits per heavy atom. The predicted octanol–water partition coefficient (Wildman–Crippen LogP) is 1.20. The average Bonchev–Trinajstić information content (AvgIpc) is 3.16. The quantitative estimate of drug-likeness (QED) is 0.639. The molecule has 2 heterocycles. The fraction of sp³-hybridized carbons (Fsp3) is 0.133. The first-order valence-corrected chi connectivity index (χ1v) is 8.70. The van der Waals surface area contributed by atoms with E-state index in [0.717, 1.165) is 0 Å². The van der Waals surface area contributed by atoms with Crippen LogP contribution in [0.25, 0.3) is 5.69 Å². The highest BCUT2D eigenvalue weighted by Crippen LogP contribution is 2.33. The van der Waals surface area contributed by atoms with Gasteiger partial charge in [-0.25, -0.2) is 4.68 Å². The maximum atomic E-state index is 12.5. The summed E-state index contributed by atoms with van der Waals surface area (Å²) >= 11 is 0. The Bertz CT molecular complexity index is 1000. The molecule has 0 unspecified atom stereocenters. The lowest BCUT2D eigenvalue weighted by molar-refractivity contribution is 0.171. The van der Waals surface area contributed by atoms with Crippen LogP contribution >= 0.6 is 0 Å². The Labute approximate surface area is 142 Å². The molecule has 4 rings (SSSR count). The number of fused-ring (bicyclic) bond motifs is 1. The smallest absolute Gasteiger partial charge is 0.339 e. The monoisotopic (exact) mass is 360 g/mol. The lowest BCUT2D eigenvalue weighted by Crippen LogP contribution is -2.16. The summed E-state index contributed by atoms with van der Waals surface area (Å²) in [5.74, 6) is 1.02. The van der Waals surface area contributed by atoms with Gasteiger partial charge in [-0.3, -0.25) is 0 Å². The second-order valence-electron chi connectivity index (χ2n) is 5.09. The van der Waals surface area contributed by atoms with E-state index >= 15 is 0 Å². The average molecular weight is 360 g/mol. The summed E-state index contributed by atoms with van der Waals surface area (Å²) in [6.07, 6.45) is 1.40. The molecule has 0 atom stereocenters. The highest BCUT2D eigenvalue weighted by atomic mass is 32.2. The molecule has 25 heavy (non-hydrogen) atoms. The number of rotatable bonds is 4. The largest absolute Gasteiger partial charge is 0.486 e. The molecule has 0 fully saturated rings. The van der Waals surface area contributed by atoms with Crippen LogP contribution in [0.4, 0.5) is 0 Å². The van der Waals surface area contributed by atoms with E-state index in [2.05, 4.69) is 15.5 Å². The van der Waals surface area contributed by atoms with Gasteiger partial charge < -0.3 is 13.7 Å². The van der Waals surface area contributed by atoms with Crippen molar-refractivity contribution < 1.29 is 22.1 Å². The van der Waals surface area contributed by atoms with Crippen molar-refractivity contribution in [1.29, 1.82) is 0 Å². The van der Waals surface area contributed by atoms with Gasteiger partial charge in [0.25, 0.3) is 0 Å². The third kappa shape index (κ3) is 3.11. The van der Waals surface area contributed by atoms with E-state index in [1.807, 2.05) is 0 Å². The molecule has 2 aromatic carbocycles. The van der Waals surface area contributed by atoms with Crippen molar-refractivity contribution in [3.05, 3.63) is 48.8 Å². The summed E-state index contributed by atoms with van der Waals surface area (Å²) < 4.78 is 42.4. The summed E-state index contributed by atoms with van der Waals surface area (Å²) in [5, 5.41) is 10.8. The molecule has 0 saturated carbocycles. The molecule has 10 heteroatoms. The minimum atomic E-state index is -4.03. The van der Waals surface area contributed by atoms with Crippen LogP contribution in [-0.2, 0) is 10.1 Å². The zero-order valence-electron chi connectivity index (χ0n) is 12.8. The zero-order chi connectivity index (χ0) is 17.3. The van der Waals surface area contributed by atoms with Crippen LogP contribution in [0, 0.1) is 0 Å². The Balaban J connectivity index is 1.62. The van der Waals surface area contributed by atoms with Crippen LogP contribution in [0.3, 0.4) is 0 Å². The molecule has 0 bridgehead atoms. The lowest BCUT2D eigenvalue weighted by atomic mass is 10.3. The van der Waals surface area contributed by atoms with E-state index < -0.39 is 10.1 Å². The second-order valence-corrected chi connectivity index (χ2v) is 6.64. The molecule has 0 N–H and O–H groups in total. The van der Waals surface area contributed by atoms with Gasteiger partial charge in [-0.2, -0.15) is 8.42 Å². The van der Waals surface area contributed by atoms with Crippen molar-refractivity contribution in [2.24, 2.45) is 0 Å². The Morgan fingerprint density at radius 3 is 2.68 bits per heavy atom. The Kier molecular flexibility index (Phi) is 3.73. The van der Waals surface area contributed by atoms with Crippen molar-refractivity contribution in [3.63, 3.8) is 0 Å². The van der Waals surface area contributed by atoms with Gasteiger partial charge in [0.2, 0.25) is 0 Å². The normalized spacial score (nSPS) is 13.4. The van der Waals surface area contributed by atoms with Crippen LogP contribution < -0.4 is 13.7 Å². The molecule has 0 amide bonds. The first-order valence-electron chi connectivity index (χ1n) is 7.29. The summed E-state index contributed by atoms with van der Waals surface area (Å²) in [6.45, 7) is 0.797. The summed E-state index contributed by atoms with van der Waals surface area (Å²) in [7, 11) is -4.03. The minimum absolute atomic E-state index is 0.0235. The molecule has 0 radical (unpaired) electrons. The predicted molar refractivity (Wildman–Crippen MR) is 84.4 cm³/mol. The molecule has 1 aliphatic rings. The summed E-state index contributed by atoms with van der Waals surface area (Å²) in [4.78, 5) is -0.0235. The highest BCUT2D eigenvalue weighted by Gasteiger charge is 2.21. The molecule has 3 aromatic rings. The van der Waals surface area contributed by atoms with Crippen molar-refractivity contribution >= 4 is 10.1 Å². The van der Waals surface area contributed by atoms with Crippen molar-refractivity contribution in [1.82, 2.24) is 20.2 Å². The maximum Gasteiger partial charge on any atom is 0.339 e. The summed E-state index contributed by atoms with van der Waals surface area (Å²) in [5.41, 5.74) is 0.569. The lowest BCUT2D eigenvalue weighted by Gasteiger charge is -2.18. The first kappa shape index (κ1) is 15.4. The van der Waals surface area contributed by atoms with E-state index in [1.54, 1.807) is 18.2 Å². The molecule has 9 nitrogen and oxygen atoms in total. The van der Waals surface area contributed by atoms with E-state index in [-0.39, 0.29) is 10.6 Å². The maximum absolute atomic E-state index is 12.5. The number of hydrogen-bond donors (Lipinski definition) is 0. The van der Waals surface area contributed by atoms with Crippen LogP contribution in [0.2, 0.25) is 0 Å². The Hall–Kier alpha value is -3.14. The second kappa shape index (κ2) is 6.06. The Morgan fingerprint density at radius 2 is 1.88 bits per heavy atom. The van der Waals surface area contributed by atoms with Crippen LogP contribution in [0.5, 0.6) is 17.2 Å². The van der Waals surface area contributed by atoms with Gasteiger partial charge in [0.15, 0.2) is 11.5 Å². The van der Waals surface area contributed by atoms with Gasteiger partial charge in [-0.05, 0) is 34.7 Å². The molecule has 1 aromatic heterocycles. The van der Waals surface area contributed by atoms with Gasteiger partial charge in [-0.1, -0.05) is 6.07 Å². The number of hydrogen-bond acceptors (Lipinski definition) is 8. The molecule has 1 aliphatic heterocycles. The third-order valence-electron chi connectivity index (χ3n) is 3.44. The number of benzene rings is 2. The molecule has 0 aliphatic carbocycles. The number of ether oxygens (including phenoxy) is 2. The number of tetrazole rings is 1. The standard InChI is InChI=1S/C15H12N4O5S/c20-25(21,13-4-5-14-15(9-13)23-7-6-22-14)24-12-3-1-2-11(8-12)19-10-16-17-18-19/h1-5,8-10H,6-7H2. The summed E-state index contributed by atoms with van der Waals surface area (Å²) in [6, 6.07) is 10.8. The van der Waals surface area contributed by atoms with Crippen LogP contribution in [0.15, 0.2) is 53.7 Å². The van der Waals surface area contributed by atoms with Gasteiger partial charge in [0.1, 0.15) is 30.2 Å². The van der Waals surface area contributed by atoms with Crippen molar-refractivity contribution in [3.8, 4) is 22.9 Å². The topological polar surface area (TPSA) is 105 Å². The zero-order valence-corrected chi connectivity index (χ0v) is 13.6. The van der Waals surface area contributed by atoms with Crippen LogP contribution in [0.1, 0.15) is 0 Å². The van der Waals surface area contributed by atoms with Gasteiger partial charge in [-0.15, -0.1) is 5.10 Å². The molecular weight excluding hydrogens is 348 g/mol.